The van der Waals surface area contributed by atoms with E-state index in [0.29, 0.717) is 18.3 Å². The molecule has 20 heavy (non-hydrogen) atoms. The van der Waals surface area contributed by atoms with Gasteiger partial charge in [0.05, 0.1) is 5.60 Å². The zero-order chi connectivity index (χ0) is 14.8. The molecule has 1 aliphatic carbocycles. The van der Waals surface area contributed by atoms with Crippen LogP contribution in [0.4, 0.5) is 4.39 Å². The standard InChI is InChI=1S/C17H24BrFO/c1-12(2)6-13-4-3-5-17(20,10-13)11-14-7-15(18)9-16(19)8-14/h7-9,12-13,20H,3-6,10-11H2,1-2H3. The van der Waals surface area contributed by atoms with Crippen molar-refractivity contribution in [1.29, 1.82) is 0 Å². The first kappa shape index (κ1) is 16.0. The highest BCUT2D eigenvalue weighted by molar-refractivity contribution is 9.10. The predicted molar refractivity (Wildman–Crippen MR) is 84.2 cm³/mol. The third-order valence-electron chi connectivity index (χ3n) is 4.18. The van der Waals surface area contributed by atoms with Crippen molar-refractivity contribution in [2.24, 2.45) is 11.8 Å². The fourth-order valence-electron chi connectivity index (χ4n) is 3.58. The Morgan fingerprint density at radius 3 is 2.80 bits per heavy atom. The Kier molecular flexibility index (Phi) is 5.25. The molecule has 0 heterocycles. The monoisotopic (exact) mass is 342 g/mol. The molecule has 1 aromatic rings. The highest BCUT2D eigenvalue weighted by atomic mass is 79.9. The van der Waals surface area contributed by atoms with Gasteiger partial charge < -0.3 is 5.11 Å². The van der Waals surface area contributed by atoms with Crippen molar-refractivity contribution in [1.82, 2.24) is 0 Å². The maximum atomic E-state index is 13.4. The minimum atomic E-state index is -0.662. The van der Waals surface area contributed by atoms with Crippen LogP contribution in [0.3, 0.4) is 0 Å². The van der Waals surface area contributed by atoms with Crippen LogP contribution in [0.25, 0.3) is 0 Å². The molecule has 0 saturated heterocycles. The predicted octanol–water partition coefficient (Wildman–Crippen LogP) is 5.10. The third kappa shape index (κ3) is 4.56. The zero-order valence-electron chi connectivity index (χ0n) is 12.3. The smallest absolute Gasteiger partial charge is 0.124 e. The quantitative estimate of drug-likeness (QED) is 0.807. The molecule has 1 saturated carbocycles. The molecule has 0 radical (unpaired) electrons. The van der Waals surface area contributed by atoms with Gasteiger partial charge in [-0.25, -0.2) is 4.39 Å². The van der Waals surface area contributed by atoms with Crippen LogP contribution in [0.2, 0.25) is 0 Å². The maximum absolute atomic E-state index is 13.4. The van der Waals surface area contributed by atoms with Crippen molar-refractivity contribution in [3.8, 4) is 0 Å². The van der Waals surface area contributed by atoms with Gasteiger partial charge in [-0.2, -0.15) is 0 Å². The van der Waals surface area contributed by atoms with Crippen molar-refractivity contribution < 1.29 is 9.50 Å². The molecular formula is C17H24BrFO. The zero-order valence-corrected chi connectivity index (χ0v) is 13.9. The van der Waals surface area contributed by atoms with Gasteiger partial charge in [0.15, 0.2) is 0 Å². The average molecular weight is 343 g/mol. The summed E-state index contributed by atoms with van der Waals surface area (Å²) in [5.41, 5.74) is 0.218. The lowest BCUT2D eigenvalue weighted by atomic mass is 9.73. The SMILES string of the molecule is CC(C)CC1CCCC(O)(Cc2cc(F)cc(Br)c2)C1. The van der Waals surface area contributed by atoms with Gasteiger partial charge in [-0.05, 0) is 54.9 Å². The van der Waals surface area contributed by atoms with E-state index in [-0.39, 0.29) is 5.82 Å². The van der Waals surface area contributed by atoms with Gasteiger partial charge in [0.1, 0.15) is 5.82 Å². The largest absolute Gasteiger partial charge is 0.390 e. The molecule has 1 aliphatic rings. The Hall–Kier alpha value is -0.410. The molecule has 2 rings (SSSR count). The molecular weight excluding hydrogens is 319 g/mol. The fraction of sp³-hybridized carbons (Fsp3) is 0.647. The first-order chi connectivity index (χ1) is 9.36. The molecule has 0 amide bonds. The van der Waals surface area contributed by atoms with Crippen molar-refractivity contribution in [3.63, 3.8) is 0 Å². The van der Waals surface area contributed by atoms with Crippen LogP contribution in [-0.2, 0) is 6.42 Å². The second-order valence-electron chi connectivity index (χ2n) is 6.77. The van der Waals surface area contributed by atoms with E-state index < -0.39 is 5.60 Å². The van der Waals surface area contributed by atoms with Crippen LogP contribution in [-0.4, -0.2) is 10.7 Å². The molecule has 3 heteroatoms. The van der Waals surface area contributed by atoms with Crippen LogP contribution in [0.5, 0.6) is 0 Å². The second-order valence-corrected chi connectivity index (χ2v) is 7.69. The van der Waals surface area contributed by atoms with E-state index in [2.05, 4.69) is 29.8 Å². The minimum Gasteiger partial charge on any atom is -0.390 e. The van der Waals surface area contributed by atoms with E-state index in [0.717, 1.165) is 29.3 Å². The van der Waals surface area contributed by atoms with E-state index in [1.807, 2.05) is 6.07 Å². The molecule has 0 aliphatic heterocycles. The van der Waals surface area contributed by atoms with Gasteiger partial charge >= 0.3 is 0 Å². The van der Waals surface area contributed by atoms with Crippen LogP contribution in [0.1, 0.15) is 51.5 Å². The van der Waals surface area contributed by atoms with E-state index in [9.17, 15) is 9.50 Å². The van der Waals surface area contributed by atoms with E-state index in [1.165, 1.54) is 25.0 Å². The Labute approximate surface area is 129 Å². The summed E-state index contributed by atoms with van der Waals surface area (Å²) in [6.07, 6.45) is 5.69. The molecule has 1 aromatic carbocycles. The van der Waals surface area contributed by atoms with Crippen LogP contribution >= 0.6 is 15.9 Å². The van der Waals surface area contributed by atoms with Gasteiger partial charge in [-0.1, -0.05) is 42.6 Å². The summed E-state index contributed by atoms with van der Waals surface area (Å²) in [6.45, 7) is 4.47. The highest BCUT2D eigenvalue weighted by Gasteiger charge is 2.34. The summed E-state index contributed by atoms with van der Waals surface area (Å²) in [6, 6.07) is 4.90. The molecule has 0 aromatic heterocycles. The maximum Gasteiger partial charge on any atom is 0.124 e. The summed E-state index contributed by atoms with van der Waals surface area (Å²) in [7, 11) is 0. The van der Waals surface area contributed by atoms with Crippen LogP contribution in [0.15, 0.2) is 22.7 Å². The molecule has 2 atom stereocenters. The first-order valence-corrected chi connectivity index (χ1v) is 8.33. The third-order valence-corrected chi connectivity index (χ3v) is 4.64. The lowest BCUT2D eigenvalue weighted by molar-refractivity contribution is -0.0189. The summed E-state index contributed by atoms with van der Waals surface area (Å²) in [5, 5.41) is 10.9. The number of rotatable bonds is 4. The van der Waals surface area contributed by atoms with Crippen LogP contribution < -0.4 is 0 Å². The Balaban J connectivity index is 2.06. The Morgan fingerprint density at radius 1 is 1.40 bits per heavy atom. The number of halogens is 2. The van der Waals surface area contributed by atoms with Crippen molar-refractivity contribution in [3.05, 3.63) is 34.1 Å². The van der Waals surface area contributed by atoms with Crippen molar-refractivity contribution >= 4 is 15.9 Å². The number of aliphatic hydroxyl groups is 1. The molecule has 0 spiro atoms. The number of hydrogen-bond acceptors (Lipinski definition) is 1. The number of benzene rings is 1. The van der Waals surface area contributed by atoms with Gasteiger partial charge in [-0.3, -0.25) is 0 Å². The van der Waals surface area contributed by atoms with E-state index in [1.54, 1.807) is 0 Å². The van der Waals surface area contributed by atoms with Gasteiger partial charge in [-0.15, -0.1) is 0 Å². The molecule has 1 fully saturated rings. The highest BCUT2D eigenvalue weighted by Crippen LogP contribution is 2.38. The van der Waals surface area contributed by atoms with Crippen LogP contribution in [0, 0.1) is 17.7 Å². The molecule has 112 valence electrons. The Morgan fingerprint density at radius 2 is 2.15 bits per heavy atom. The fourth-order valence-corrected chi connectivity index (χ4v) is 4.10. The summed E-state index contributed by atoms with van der Waals surface area (Å²) < 4.78 is 14.2. The minimum absolute atomic E-state index is 0.243. The normalized spacial score (nSPS) is 27.0. The van der Waals surface area contributed by atoms with Gasteiger partial charge in [0.25, 0.3) is 0 Å². The topological polar surface area (TPSA) is 20.2 Å². The van der Waals surface area contributed by atoms with Crippen molar-refractivity contribution in [2.75, 3.05) is 0 Å². The summed E-state index contributed by atoms with van der Waals surface area (Å²) >= 11 is 3.32. The van der Waals surface area contributed by atoms with E-state index >= 15 is 0 Å². The van der Waals surface area contributed by atoms with E-state index in [4.69, 9.17) is 0 Å². The Bertz CT molecular complexity index is 440. The van der Waals surface area contributed by atoms with Gasteiger partial charge in [0, 0.05) is 10.9 Å². The molecule has 2 unspecified atom stereocenters. The second kappa shape index (κ2) is 6.57. The summed E-state index contributed by atoms with van der Waals surface area (Å²) in [5.74, 6) is 1.03. The van der Waals surface area contributed by atoms with Crippen molar-refractivity contribution in [2.45, 2.75) is 58.0 Å². The lowest BCUT2D eigenvalue weighted by Crippen LogP contribution is -2.37. The summed E-state index contributed by atoms with van der Waals surface area (Å²) in [4.78, 5) is 0. The molecule has 1 nitrogen and oxygen atoms in total. The number of hydrogen-bond donors (Lipinski definition) is 1. The first-order valence-electron chi connectivity index (χ1n) is 7.54. The lowest BCUT2D eigenvalue weighted by Gasteiger charge is -2.37. The molecule has 0 bridgehead atoms. The molecule has 1 N–H and O–H groups in total. The van der Waals surface area contributed by atoms with Gasteiger partial charge in [0.2, 0.25) is 0 Å². The average Bonchev–Trinajstić information content (AvgIpc) is 2.25.